The van der Waals surface area contributed by atoms with Crippen LogP contribution in [0.4, 0.5) is 0 Å². The molecule has 2 aliphatic rings. The van der Waals surface area contributed by atoms with Crippen LogP contribution in [0.5, 0.6) is 0 Å². The monoisotopic (exact) mass is 262 g/mol. The molecular weight excluding hydrogens is 236 g/mol. The summed E-state index contributed by atoms with van der Waals surface area (Å²) >= 11 is 0. The van der Waals surface area contributed by atoms with Crippen LogP contribution in [0.1, 0.15) is 32.1 Å². The molecule has 2 heterocycles. The van der Waals surface area contributed by atoms with E-state index in [4.69, 9.17) is 4.74 Å². The summed E-state index contributed by atoms with van der Waals surface area (Å²) in [7, 11) is 2.24. The fourth-order valence-corrected chi connectivity index (χ4v) is 2.80. The lowest BCUT2D eigenvalue weighted by Gasteiger charge is -2.26. The molecule has 1 N–H and O–H groups in total. The quantitative estimate of drug-likeness (QED) is 0.819. The Morgan fingerprint density at radius 2 is 2.00 bits per heavy atom. The van der Waals surface area contributed by atoms with Gasteiger partial charge in [0.25, 0.3) is 0 Å². The standard InChI is InChI=1S/C13H26N2O.ClH/c1-15(11-13-3-2-10-16-13)9-6-12-4-7-14-8-5-12;/h12-14H,2-11H2,1H3;1H. The van der Waals surface area contributed by atoms with Gasteiger partial charge in [0.1, 0.15) is 0 Å². The summed E-state index contributed by atoms with van der Waals surface area (Å²) < 4.78 is 5.66. The van der Waals surface area contributed by atoms with E-state index in [9.17, 15) is 0 Å². The van der Waals surface area contributed by atoms with Crippen molar-refractivity contribution in [3.63, 3.8) is 0 Å². The second-order valence-electron chi connectivity index (χ2n) is 5.38. The lowest BCUT2D eigenvalue weighted by molar-refractivity contribution is 0.0790. The second kappa shape index (κ2) is 8.30. The van der Waals surface area contributed by atoms with Gasteiger partial charge in [-0.05, 0) is 64.7 Å². The lowest BCUT2D eigenvalue weighted by Crippen LogP contribution is -2.33. The van der Waals surface area contributed by atoms with Gasteiger partial charge in [0.15, 0.2) is 0 Å². The lowest BCUT2D eigenvalue weighted by atomic mass is 9.94. The van der Waals surface area contributed by atoms with Crippen molar-refractivity contribution in [3.8, 4) is 0 Å². The van der Waals surface area contributed by atoms with Crippen molar-refractivity contribution >= 4 is 12.4 Å². The van der Waals surface area contributed by atoms with Gasteiger partial charge in [-0.2, -0.15) is 0 Å². The number of piperidine rings is 1. The summed E-state index contributed by atoms with van der Waals surface area (Å²) in [5.74, 6) is 0.952. The van der Waals surface area contributed by atoms with Crippen molar-refractivity contribution in [2.45, 2.75) is 38.2 Å². The van der Waals surface area contributed by atoms with Crippen LogP contribution in [0.2, 0.25) is 0 Å². The molecule has 17 heavy (non-hydrogen) atoms. The van der Waals surface area contributed by atoms with Crippen molar-refractivity contribution in [1.29, 1.82) is 0 Å². The normalized spacial score (nSPS) is 26.1. The van der Waals surface area contributed by atoms with E-state index in [0.717, 1.165) is 19.1 Å². The largest absolute Gasteiger partial charge is 0.377 e. The highest BCUT2D eigenvalue weighted by Gasteiger charge is 2.18. The van der Waals surface area contributed by atoms with E-state index >= 15 is 0 Å². The van der Waals surface area contributed by atoms with E-state index in [1.807, 2.05) is 0 Å². The number of ether oxygens (including phenoxy) is 1. The van der Waals surface area contributed by atoms with Gasteiger partial charge in [-0.3, -0.25) is 0 Å². The Bertz CT molecular complexity index is 192. The number of likely N-dealkylation sites (N-methyl/N-ethyl adjacent to an activating group) is 1. The van der Waals surface area contributed by atoms with Crippen LogP contribution in [0, 0.1) is 5.92 Å². The molecule has 102 valence electrons. The van der Waals surface area contributed by atoms with Gasteiger partial charge in [0.05, 0.1) is 6.10 Å². The number of halogens is 1. The smallest absolute Gasteiger partial charge is 0.0702 e. The van der Waals surface area contributed by atoms with Gasteiger partial charge in [0, 0.05) is 13.2 Å². The molecule has 0 aliphatic carbocycles. The van der Waals surface area contributed by atoms with Gasteiger partial charge in [0.2, 0.25) is 0 Å². The molecule has 0 spiro atoms. The zero-order valence-electron chi connectivity index (χ0n) is 11.0. The summed E-state index contributed by atoms with van der Waals surface area (Å²) in [4.78, 5) is 2.46. The predicted molar refractivity (Wildman–Crippen MR) is 73.9 cm³/mol. The summed E-state index contributed by atoms with van der Waals surface area (Å²) in [5, 5.41) is 3.43. The van der Waals surface area contributed by atoms with Gasteiger partial charge in [-0.1, -0.05) is 0 Å². The first-order chi connectivity index (χ1) is 7.84. The van der Waals surface area contributed by atoms with Crippen molar-refractivity contribution in [3.05, 3.63) is 0 Å². The van der Waals surface area contributed by atoms with E-state index in [1.165, 1.54) is 51.7 Å². The summed E-state index contributed by atoms with van der Waals surface area (Å²) in [5.41, 5.74) is 0. The maximum absolute atomic E-state index is 5.66. The minimum atomic E-state index is 0. The molecule has 1 atom stereocenters. The van der Waals surface area contributed by atoms with Crippen LogP contribution in [0.15, 0.2) is 0 Å². The molecule has 0 radical (unpaired) electrons. The average molecular weight is 263 g/mol. The Morgan fingerprint density at radius 3 is 2.65 bits per heavy atom. The van der Waals surface area contributed by atoms with Gasteiger partial charge in [-0.15, -0.1) is 12.4 Å². The molecule has 2 saturated heterocycles. The zero-order chi connectivity index (χ0) is 11.2. The van der Waals surface area contributed by atoms with Crippen molar-refractivity contribution in [2.75, 3.05) is 39.8 Å². The van der Waals surface area contributed by atoms with Crippen LogP contribution in [0.3, 0.4) is 0 Å². The molecule has 2 rings (SSSR count). The van der Waals surface area contributed by atoms with Crippen LogP contribution in [0.25, 0.3) is 0 Å². The Labute approximate surface area is 112 Å². The highest BCUT2D eigenvalue weighted by atomic mass is 35.5. The maximum Gasteiger partial charge on any atom is 0.0702 e. The number of hydrogen-bond acceptors (Lipinski definition) is 3. The number of hydrogen-bond donors (Lipinski definition) is 1. The first kappa shape index (κ1) is 15.2. The Kier molecular flexibility index (Phi) is 7.44. The topological polar surface area (TPSA) is 24.5 Å². The van der Waals surface area contributed by atoms with Crippen LogP contribution in [-0.2, 0) is 4.74 Å². The third kappa shape index (κ3) is 5.56. The minimum absolute atomic E-state index is 0. The van der Waals surface area contributed by atoms with Crippen LogP contribution < -0.4 is 5.32 Å². The first-order valence-corrected chi connectivity index (χ1v) is 6.85. The van der Waals surface area contributed by atoms with E-state index < -0.39 is 0 Å². The molecule has 4 heteroatoms. The molecule has 2 aliphatic heterocycles. The fourth-order valence-electron chi connectivity index (χ4n) is 2.80. The molecule has 1 unspecified atom stereocenters. The van der Waals surface area contributed by atoms with Crippen molar-refractivity contribution in [2.24, 2.45) is 5.92 Å². The highest BCUT2D eigenvalue weighted by molar-refractivity contribution is 5.85. The zero-order valence-corrected chi connectivity index (χ0v) is 11.8. The van der Waals surface area contributed by atoms with Gasteiger partial charge >= 0.3 is 0 Å². The fraction of sp³-hybridized carbons (Fsp3) is 1.00. The maximum atomic E-state index is 5.66. The number of nitrogens with zero attached hydrogens (tertiary/aromatic N) is 1. The molecule has 0 saturated carbocycles. The third-order valence-electron chi connectivity index (χ3n) is 3.92. The summed E-state index contributed by atoms with van der Waals surface area (Å²) in [6, 6.07) is 0. The minimum Gasteiger partial charge on any atom is -0.377 e. The molecule has 2 fully saturated rings. The van der Waals surface area contributed by atoms with E-state index in [1.54, 1.807) is 0 Å². The summed E-state index contributed by atoms with van der Waals surface area (Å²) in [6.07, 6.45) is 7.13. The molecule has 0 amide bonds. The molecule has 0 aromatic rings. The molecule has 0 aromatic heterocycles. The first-order valence-electron chi connectivity index (χ1n) is 6.85. The highest BCUT2D eigenvalue weighted by Crippen LogP contribution is 2.17. The summed E-state index contributed by atoms with van der Waals surface area (Å²) in [6.45, 7) is 5.79. The molecular formula is C13H27ClN2O. The Morgan fingerprint density at radius 1 is 1.24 bits per heavy atom. The average Bonchev–Trinajstić information content (AvgIpc) is 2.81. The second-order valence-corrected chi connectivity index (χ2v) is 5.38. The molecule has 0 bridgehead atoms. The Hall–Kier alpha value is 0.170. The molecule has 3 nitrogen and oxygen atoms in total. The molecule has 0 aromatic carbocycles. The third-order valence-corrected chi connectivity index (χ3v) is 3.92. The van der Waals surface area contributed by atoms with Crippen molar-refractivity contribution < 1.29 is 4.74 Å². The Balaban J connectivity index is 0.00000144. The van der Waals surface area contributed by atoms with Gasteiger partial charge < -0.3 is 15.0 Å². The van der Waals surface area contributed by atoms with Crippen molar-refractivity contribution in [1.82, 2.24) is 10.2 Å². The number of rotatable bonds is 5. The predicted octanol–water partition coefficient (Wildman–Crippen LogP) is 1.91. The SMILES string of the molecule is CN(CCC1CCNCC1)CC1CCCO1.Cl. The van der Waals surface area contributed by atoms with E-state index in [0.29, 0.717) is 6.10 Å². The van der Waals surface area contributed by atoms with Crippen LogP contribution >= 0.6 is 12.4 Å². The van der Waals surface area contributed by atoms with Gasteiger partial charge in [-0.25, -0.2) is 0 Å². The number of nitrogens with one attached hydrogen (secondary N) is 1. The van der Waals surface area contributed by atoms with Crippen LogP contribution in [-0.4, -0.2) is 50.8 Å². The van der Waals surface area contributed by atoms with E-state index in [2.05, 4.69) is 17.3 Å². The van der Waals surface area contributed by atoms with E-state index in [-0.39, 0.29) is 12.4 Å².